The Kier molecular flexibility index (Phi) is 3.59. The molecule has 3 nitrogen and oxygen atoms in total. The van der Waals surface area contributed by atoms with Gasteiger partial charge in [0, 0.05) is 18.3 Å². The van der Waals surface area contributed by atoms with Crippen molar-refractivity contribution < 1.29 is 0 Å². The van der Waals surface area contributed by atoms with Crippen LogP contribution >= 0.6 is 0 Å². The number of aromatic nitrogens is 2. The summed E-state index contributed by atoms with van der Waals surface area (Å²) in [5.41, 5.74) is 2.06. The lowest BCUT2D eigenvalue weighted by Gasteiger charge is -2.06. The van der Waals surface area contributed by atoms with E-state index in [1.165, 1.54) is 10.8 Å². The van der Waals surface area contributed by atoms with Crippen molar-refractivity contribution in [1.82, 2.24) is 9.97 Å². The van der Waals surface area contributed by atoms with Crippen molar-refractivity contribution in [2.45, 2.75) is 13.3 Å². The predicted molar refractivity (Wildman–Crippen MR) is 83.8 cm³/mol. The third-order valence-corrected chi connectivity index (χ3v) is 3.23. The molecular formula is C17H17N3. The van der Waals surface area contributed by atoms with Gasteiger partial charge in [0.15, 0.2) is 0 Å². The zero-order valence-corrected chi connectivity index (χ0v) is 11.5. The van der Waals surface area contributed by atoms with E-state index in [1.807, 2.05) is 6.07 Å². The number of nitrogens with zero attached hydrogens (tertiary/aromatic N) is 2. The Morgan fingerprint density at radius 1 is 1.00 bits per heavy atom. The van der Waals surface area contributed by atoms with E-state index in [9.17, 15) is 0 Å². The summed E-state index contributed by atoms with van der Waals surface area (Å²) >= 11 is 0. The molecule has 100 valence electrons. The molecule has 0 unspecified atom stereocenters. The zero-order valence-electron chi connectivity index (χ0n) is 11.5. The summed E-state index contributed by atoms with van der Waals surface area (Å²) in [6.07, 6.45) is 2.86. The monoisotopic (exact) mass is 263 g/mol. The van der Waals surface area contributed by atoms with Crippen LogP contribution in [0.5, 0.6) is 0 Å². The summed E-state index contributed by atoms with van der Waals surface area (Å²) in [6, 6.07) is 16.7. The number of hydrogen-bond acceptors (Lipinski definition) is 3. The predicted octanol–water partition coefficient (Wildman–Crippen LogP) is 4.12. The van der Waals surface area contributed by atoms with E-state index < -0.39 is 0 Å². The molecule has 0 aliphatic heterocycles. The molecule has 1 N–H and O–H groups in total. The van der Waals surface area contributed by atoms with E-state index in [1.54, 1.807) is 6.20 Å². The van der Waals surface area contributed by atoms with Gasteiger partial charge in [0.1, 0.15) is 0 Å². The van der Waals surface area contributed by atoms with Gasteiger partial charge in [-0.05, 0) is 29.3 Å². The highest BCUT2D eigenvalue weighted by atomic mass is 15.1. The summed E-state index contributed by atoms with van der Waals surface area (Å²) in [5, 5.41) is 5.69. The van der Waals surface area contributed by atoms with Crippen molar-refractivity contribution >= 4 is 16.7 Å². The minimum atomic E-state index is 0.692. The van der Waals surface area contributed by atoms with Gasteiger partial charge in [0.2, 0.25) is 5.95 Å². The fourth-order valence-corrected chi connectivity index (χ4v) is 2.19. The number of fused-ring (bicyclic) bond motifs is 1. The highest BCUT2D eigenvalue weighted by molar-refractivity contribution is 5.86. The molecular weight excluding hydrogens is 246 g/mol. The van der Waals surface area contributed by atoms with Crippen molar-refractivity contribution in [3.63, 3.8) is 0 Å². The summed E-state index contributed by atoms with van der Waals surface area (Å²) in [6.45, 7) is 3.02. The molecule has 3 heteroatoms. The lowest BCUT2D eigenvalue weighted by Crippen LogP contribution is -2.04. The van der Waals surface area contributed by atoms with Gasteiger partial charge in [0.25, 0.3) is 0 Å². The summed E-state index contributed by atoms with van der Waals surface area (Å²) < 4.78 is 0. The molecule has 0 saturated heterocycles. The fourth-order valence-electron chi connectivity index (χ4n) is 2.19. The van der Waals surface area contributed by atoms with Crippen molar-refractivity contribution in [3.05, 3.63) is 54.7 Å². The first kappa shape index (κ1) is 12.6. The Labute approximate surface area is 118 Å². The molecule has 0 amide bonds. The first-order chi connectivity index (χ1) is 9.86. The van der Waals surface area contributed by atoms with Crippen molar-refractivity contribution in [2.24, 2.45) is 0 Å². The second-order valence-electron chi connectivity index (χ2n) is 4.75. The number of benzene rings is 2. The normalized spacial score (nSPS) is 10.7. The van der Waals surface area contributed by atoms with Gasteiger partial charge >= 0.3 is 0 Å². The zero-order chi connectivity index (χ0) is 13.8. The van der Waals surface area contributed by atoms with E-state index >= 15 is 0 Å². The van der Waals surface area contributed by atoms with Crippen molar-refractivity contribution in [2.75, 3.05) is 11.9 Å². The highest BCUT2D eigenvalue weighted by Gasteiger charge is 2.03. The highest BCUT2D eigenvalue weighted by Crippen LogP contribution is 2.23. The van der Waals surface area contributed by atoms with Gasteiger partial charge in [-0.25, -0.2) is 9.97 Å². The largest absolute Gasteiger partial charge is 0.354 e. The van der Waals surface area contributed by atoms with Gasteiger partial charge in [-0.1, -0.05) is 43.3 Å². The standard InChI is InChI=1S/C17H17N3/c1-2-10-18-17-19-11-9-16(20-17)15-8-7-13-5-3-4-6-14(13)12-15/h3-9,11-12H,2,10H2,1H3,(H,18,19,20). The average Bonchev–Trinajstić information content (AvgIpc) is 2.53. The van der Waals surface area contributed by atoms with Crippen LogP contribution in [0.2, 0.25) is 0 Å². The molecule has 0 atom stereocenters. The molecule has 0 fully saturated rings. The number of rotatable bonds is 4. The Morgan fingerprint density at radius 3 is 2.70 bits per heavy atom. The Bertz CT molecular complexity index is 722. The quantitative estimate of drug-likeness (QED) is 0.769. The van der Waals surface area contributed by atoms with Crippen LogP contribution in [0, 0.1) is 0 Å². The minimum absolute atomic E-state index is 0.692. The minimum Gasteiger partial charge on any atom is -0.354 e. The summed E-state index contributed by atoms with van der Waals surface area (Å²) in [4.78, 5) is 8.81. The molecule has 1 heterocycles. The van der Waals surface area contributed by atoms with Crippen LogP contribution in [0.15, 0.2) is 54.7 Å². The molecule has 0 spiro atoms. The molecule has 3 rings (SSSR count). The van der Waals surface area contributed by atoms with E-state index in [2.05, 4.69) is 64.7 Å². The summed E-state index contributed by atoms with van der Waals surface area (Å²) in [7, 11) is 0. The van der Waals surface area contributed by atoms with E-state index in [0.29, 0.717) is 5.95 Å². The number of hydrogen-bond donors (Lipinski definition) is 1. The molecule has 20 heavy (non-hydrogen) atoms. The van der Waals surface area contributed by atoms with Crippen LogP contribution in [0.1, 0.15) is 13.3 Å². The lowest BCUT2D eigenvalue weighted by molar-refractivity contribution is 0.953. The topological polar surface area (TPSA) is 37.8 Å². The molecule has 0 saturated carbocycles. The Morgan fingerprint density at radius 2 is 1.85 bits per heavy atom. The van der Waals surface area contributed by atoms with Gasteiger partial charge in [0.05, 0.1) is 5.69 Å². The van der Waals surface area contributed by atoms with E-state index in [4.69, 9.17) is 0 Å². The van der Waals surface area contributed by atoms with Crippen LogP contribution < -0.4 is 5.32 Å². The molecule has 3 aromatic rings. The van der Waals surface area contributed by atoms with Crippen molar-refractivity contribution in [1.29, 1.82) is 0 Å². The van der Waals surface area contributed by atoms with Crippen molar-refractivity contribution in [3.8, 4) is 11.3 Å². The Hall–Kier alpha value is -2.42. The van der Waals surface area contributed by atoms with Gasteiger partial charge in [-0.2, -0.15) is 0 Å². The SMILES string of the molecule is CCCNc1nccc(-c2ccc3ccccc3c2)n1. The van der Waals surface area contributed by atoms with Gasteiger partial charge in [-0.15, -0.1) is 0 Å². The summed E-state index contributed by atoms with van der Waals surface area (Å²) in [5.74, 6) is 0.692. The van der Waals surface area contributed by atoms with E-state index in [0.717, 1.165) is 24.2 Å². The van der Waals surface area contributed by atoms with Crippen LogP contribution in [0.3, 0.4) is 0 Å². The van der Waals surface area contributed by atoms with Crippen LogP contribution in [0.4, 0.5) is 5.95 Å². The van der Waals surface area contributed by atoms with E-state index in [-0.39, 0.29) is 0 Å². The molecule has 0 aliphatic rings. The first-order valence-electron chi connectivity index (χ1n) is 6.93. The molecule has 0 radical (unpaired) electrons. The third-order valence-electron chi connectivity index (χ3n) is 3.23. The second-order valence-corrected chi connectivity index (χ2v) is 4.75. The lowest BCUT2D eigenvalue weighted by atomic mass is 10.1. The van der Waals surface area contributed by atoms with Crippen LogP contribution in [-0.2, 0) is 0 Å². The smallest absolute Gasteiger partial charge is 0.223 e. The Balaban J connectivity index is 1.97. The number of anilines is 1. The maximum atomic E-state index is 4.57. The fraction of sp³-hybridized carbons (Fsp3) is 0.176. The number of nitrogens with one attached hydrogen (secondary N) is 1. The maximum absolute atomic E-state index is 4.57. The van der Waals surface area contributed by atoms with Crippen LogP contribution in [-0.4, -0.2) is 16.5 Å². The van der Waals surface area contributed by atoms with Crippen LogP contribution in [0.25, 0.3) is 22.0 Å². The second kappa shape index (κ2) is 5.70. The molecule has 0 bridgehead atoms. The maximum Gasteiger partial charge on any atom is 0.223 e. The molecule has 2 aromatic carbocycles. The van der Waals surface area contributed by atoms with Gasteiger partial charge < -0.3 is 5.32 Å². The third kappa shape index (κ3) is 2.62. The molecule has 0 aliphatic carbocycles. The average molecular weight is 263 g/mol. The first-order valence-corrected chi connectivity index (χ1v) is 6.93. The molecule has 1 aromatic heterocycles. The van der Waals surface area contributed by atoms with Gasteiger partial charge in [-0.3, -0.25) is 0 Å².